The number of nitrogens with zero attached hydrogens (tertiary/aromatic N) is 1. The minimum Gasteiger partial charge on any atom is -0.490 e. The van der Waals surface area contributed by atoms with Gasteiger partial charge in [-0.3, -0.25) is 9.59 Å². The number of likely N-dealkylation sites (tertiary alicyclic amines) is 1. The second kappa shape index (κ2) is 11.7. The molecule has 1 fully saturated rings. The van der Waals surface area contributed by atoms with Crippen LogP contribution in [0.2, 0.25) is 0 Å². The third kappa shape index (κ3) is 5.74. The molecule has 7 heteroatoms. The number of hydrogen-bond donors (Lipinski definition) is 2. The van der Waals surface area contributed by atoms with E-state index >= 15 is 0 Å². The Morgan fingerprint density at radius 1 is 0.857 bits per heavy atom. The van der Waals surface area contributed by atoms with Crippen molar-refractivity contribution in [2.24, 2.45) is 0 Å². The number of amides is 2. The van der Waals surface area contributed by atoms with Gasteiger partial charge in [-0.1, -0.05) is 42.5 Å². The topological polar surface area (TPSA) is 83.8 Å². The number of ether oxygens (including phenoxy) is 1. The van der Waals surface area contributed by atoms with Gasteiger partial charge < -0.3 is 24.7 Å². The summed E-state index contributed by atoms with van der Waals surface area (Å²) in [7, 11) is 0. The number of hydrogen-bond acceptors (Lipinski definition) is 5. The fraction of sp³-hybridized carbons (Fsp3) is 0.257. The van der Waals surface area contributed by atoms with Crippen LogP contribution in [0.4, 0.5) is 11.4 Å². The number of carbonyl (C=O) groups is 2. The Bertz CT molecular complexity index is 1770. The van der Waals surface area contributed by atoms with Gasteiger partial charge >= 0.3 is 0 Å². The van der Waals surface area contributed by atoms with E-state index in [0.717, 1.165) is 47.9 Å². The van der Waals surface area contributed by atoms with Crippen molar-refractivity contribution in [1.82, 2.24) is 4.90 Å². The average Bonchev–Trinajstić information content (AvgIpc) is 3.38. The Balaban J connectivity index is 1.15. The molecule has 2 N–H and O–H groups in total. The number of rotatable bonds is 7. The van der Waals surface area contributed by atoms with Crippen molar-refractivity contribution < 1.29 is 18.7 Å². The van der Waals surface area contributed by atoms with E-state index in [-0.39, 0.29) is 17.9 Å². The van der Waals surface area contributed by atoms with Gasteiger partial charge in [0.25, 0.3) is 11.8 Å². The van der Waals surface area contributed by atoms with Gasteiger partial charge in [-0.2, -0.15) is 0 Å². The lowest BCUT2D eigenvalue weighted by atomic mass is 10.1. The fourth-order valence-corrected chi connectivity index (χ4v) is 5.57. The van der Waals surface area contributed by atoms with Crippen molar-refractivity contribution in [2.45, 2.75) is 45.8 Å². The lowest BCUT2D eigenvalue weighted by molar-refractivity contribution is 0.0840. The van der Waals surface area contributed by atoms with Crippen molar-refractivity contribution in [1.29, 1.82) is 0 Å². The molecule has 1 saturated heterocycles. The maximum absolute atomic E-state index is 13.3. The largest absolute Gasteiger partial charge is 0.490 e. The number of anilines is 2. The van der Waals surface area contributed by atoms with Crippen LogP contribution in [-0.2, 0) is 0 Å². The summed E-state index contributed by atoms with van der Waals surface area (Å²) in [6.07, 6.45) is 2.08. The van der Waals surface area contributed by atoms with Crippen molar-refractivity contribution >= 4 is 45.1 Å². The molecule has 0 radical (unpaired) electrons. The molecule has 6 rings (SSSR count). The lowest BCUT2D eigenvalue weighted by Crippen LogP contribution is -2.41. The van der Waals surface area contributed by atoms with E-state index in [1.54, 1.807) is 24.3 Å². The molecule has 1 aromatic heterocycles. The summed E-state index contributed by atoms with van der Waals surface area (Å²) in [5.41, 5.74) is 4.30. The molecule has 1 aliphatic rings. The molecule has 214 valence electrons. The molecule has 2 heterocycles. The minimum absolute atomic E-state index is 0.145. The molecule has 0 aliphatic carbocycles. The number of para-hydroxylation sites is 2. The summed E-state index contributed by atoms with van der Waals surface area (Å²) in [5.74, 6) is 0.168. The third-order valence-electron chi connectivity index (χ3n) is 8.00. The first kappa shape index (κ1) is 27.5. The number of aryl methyl sites for hydroxylation is 1. The maximum Gasteiger partial charge on any atom is 0.259 e. The first-order valence-electron chi connectivity index (χ1n) is 14.5. The van der Waals surface area contributed by atoms with Crippen LogP contribution in [0.15, 0.2) is 89.3 Å². The smallest absolute Gasteiger partial charge is 0.259 e. The Morgan fingerprint density at radius 3 is 2.43 bits per heavy atom. The molecule has 0 spiro atoms. The highest BCUT2D eigenvalue weighted by Gasteiger charge is 2.22. The van der Waals surface area contributed by atoms with Crippen LogP contribution in [0.1, 0.15) is 53.0 Å². The van der Waals surface area contributed by atoms with Crippen molar-refractivity contribution in [3.8, 4) is 5.75 Å². The molecule has 0 bridgehead atoms. The van der Waals surface area contributed by atoms with E-state index in [9.17, 15) is 9.59 Å². The standard InChI is InChI=1S/C35H35N3O4/c1-22(2)38-18-16-26(17-19-38)41-27-9-6-8-24(20-27)34(39)37-31-21-25(15-14-23(31)3)36-35(40)30-12-7-11-29-28-10-4-5-13-32(28)42-33(29)30/h4-15,20-22,26H,16-19H2,1-3H3,(H,36,40)(H,37,39). The Kier molecular flexibility index (Phi) is 7.68. The number of nitrogens with one attached hydrogen (secondary N) is 2. The normalized spacial score (nSPS) is 14.4. The van der Waals surface area contributed by atoms with Crippen molar-refractivity contribution in [3.05, 3.63) is 102 Å². The highest BCUT2D eigenvalue weighted by atomic mass is 16.5. The Morgan fingerprint density at radius 2 is 1.62 bits per heavy atom. The number of carbonyl (C=O) groups excluding carboxylic acids is 2. The van der Waals surface area contributed by atoms with Crippen LogP contribution in [0.25, 0.3) is 21.9 Å². The summed E-state index contributed by atoms with van der Waals surface area (Å²) in [6, 6.07) is 26.6. The number of fused-ring (bicyclic) bond motifs is 3. The van der Waals surface area contributed by atoms with Gasteiger partial charge in [-0.15, -0.1) is 0 Å². The van der Waals surface area contributed by atoms with E-state index in [4.69, 9.17) is 9.15 Å². The molecule has 42 heavy (non-hydrogen) atoms. The van der Waals surface area contributed by atoms with Gasteiger partial charge in [0, 0.05) is 46.8 Å². The Labute approximate surface area is 245 Å². The van der Waals surface area contributed by atoms with Gasteiger partial charge in [-0.05, 0) is 81.6 Å². The molecule has 7 nitrogen and oxygen atoms in total. The van der Waals surface area contributed by atoms with Gasteiger partial charge in [0.05, 0.1) is 5.56 Å². The van der Waals surface area contributed by atoms with E-state index in [0.29, 0.717) is 39.9 Å². The molecule has 0 saturated carbocycles. The van der Waals surface area contributed by atoms with E-state index in [1.165, 1.54) is 0 Å². The lowest BCUT2D eigenvalue weighted by Gasteiger charge is -2.34. The van der Waals surface area contributed by atoms with Gasteiger partial charge in [0.2, 0.25) is 0 Å². The number of piperidine rings is 1. The maximum atomic E-state index is 13.3. The number of benzene rings is 4. The average molecular weight is 562 g/mol. The zero-order valence-electron chi connectivity index (χ0n) is 24.1. The molecule has 0 atom stereocenters. The van der Waals surface area contributed by atoms with Crippen LogP contribution >= 0.6 is 0 Å². The predicted molar refractivity (Wildman–Crippen MR) is 168 cm³/mol. The molecule has 4 aromatic carbocycles. The summed E-state index contributed by atoms with van der Waals surface area (Å²) in [4.78, 5) is 29.0. The first-order valence-corrected chi connectivity index (χ1v) is 14.5. The summed E-state index contributed by atoms with van der Waals surface area (Å²) in [5, 5.41) is 7.83. The summed E-state index contributed by atoms with van der Waals surface area (Å²) >= 11 is 0. The van der Waals surface area contributed by atoms with Crippen LogP contribution in [-0.4, -0.2) is 41.9 Å². The predicted octanol–water partition coefficient (Wildman–Crippen LogP) is 7.65. The minimum atomic E-state index is -0.287. The third-order valence-corrected chi connectivity index (χ3v) is 8.00. The molecule has 2 amide bonds. The molecule has 1 aliphatic heterocycles. The highest BCUT2D eigenvalue weighted by molar-refractivity contribution is 6.16. The highest BCUT2D eigenvalue weighted by Crippen LogP contribution is 2.31. The second-order valence-corrected chi connectivity index (χ2v) is 11.2. The van der Waals surface area contributed by atoms with Crippen LogP contribution in [0, 0.1) is 6.92 Å². The van der Waals surface area contributed by atoms with Gasteiger partial charge in [0.15, 0.2) is 0 Å². The summed E-state index contributed by atoms with van der Waals surface area (Å²) in [6.45, 7) is 8.39. The van der Waals surface area contributed by atoms with Crippen LogP contribution in [0.3, 0.4) is 0 Å². The van der Waals surface area contributed by atoms with Crippen LogP contribution in [0.5, 0.6) is 5.75 Å². The molecule has 0 unspecified atom stereocenters. The van der Waals surface area contributed by atoms with Gasteiger partial charge in [0.1, 0.15) is 23.0 Å². The van der Waals surface area contributed by atoms with Gasteiger partial charge in [-0.25, -0.2) is 0 Å². The zero-order chi connectivity index (χ0) is 29.2. The fourth-order valence-electron chi connectivity index (χ4n) is 5.57. The van der Waals surface area contributed by atoms with E-state index < -0.39 is 0 Å². The van der Waals surface area contributed by atoms with E-state index in [1.807, 2.05) is 67.6 Å². The Hall–Kier alpha value is -4.62. The van der Waals surface area contributed by atoms with Crippen molar-refractivity contribution in [3.63, 3.8) is 0 Å². The number of furan rings is 1. The molecule has 5 aromatic rings. The quantitative estimate of drug-likeness (QED) is 0.213. The SMILES string of the molecule is Cc1ccc(NC(=O)c2cccc3c2oc2ccccc23)cc1NC(=O)c1cccc(OC2CCN(C(C)C)CC2)c1. The zero-order valence-corrected chi connectivity index (χ0v) is 24.1. The van der Waals surface area contributed by atoms with Crippen molar-refractivity contribution in [2.75, 3.05) is 23.7 Å². The first-order chi connectivity index (χ1) is 20.4. The molecular formula is C35H35N3O4. The van der Waals surface area contributed by atoms with Crippen LogP contribution < -0.4 is 15.4 Å². The monoisotopic (exact) mass is 561 g/mol. The van der Waals surface area contributed by atoms with E-state index in [2.05, 4.69) is 29.4 Å². The second-order valence-electron chi connectivity index (χ2n) is 11.2. The molecular weight excluding hydrogens is 526 g/mol. The summed E-state index contributed by atoms with van der Waals surface area (Å²) < 4.78 is 12.3.